The standard InChI is InChI=1S/C14H18FN3O3/c15-11-5-4-10(18(20)21)8-12(11)17-13(19)14(9-16)6-2-1-3-7-14/h4-5,8H,1-3,6-7,9,16H2,(H,17,19). The van der Waals surface area contributed by atoms with Crippen LogP contribution >= 0.6 is 0 Å². The van der Waals surface area contributed by atoms with Gasteiger partial charge in [0.1, 0.15) is 5.82 Å². The molecule has 1 amide bonds. The highest BCUT2D eigenvalue weighted by molar-refractivity contribution is 5.96. The summed E-state index contributed by atoms with van der Waals surface area (Å²) < 4.78 is 13.7. The Morgan fingerprint density at radius 3 is 2.62 bits per heavy atom. The van der Waals surface area contributed by atoms with Crippen LogP contribution in [0.4, 0.5) is 15.8 Å². The van der Waals surface area contributed by atoms with Gasteiger partial charge < -0.3 is 11.1 Å². The van der Waals surface area contributed by atoms with Crippen molar-refractivity contribution in [3.63, 3.8) is 0 Å². The molecular weight excluding hydrogens is 277 g/mol. The third-order valence-electron chi connectivity index (χ3n) is 4.09. The Kier molecular flexibility index (Phi) is 4.52. The van der Waals surface area contributed by atoms with E-state index in [1.54, 1.807) is 0 Å². The number of hydrogen-bond donors (Lipinski definition) is 2. The molecule has 2 rings (SSSR count). The minimum Gasteiger partial charge on any atom is -0.329 e. The van der Waals surface area contributed by atoms with Gasteiger partial charge in [-0.1, -0.05) is 19.3 Å². The van der Waals surface area contributed by atoms with Crippen LogP contribution in [0.1, 0.15) is 32.1 Å². The van der Waals surface area contributed by atoms with E-state index >= 15 is 0 Å². The van der Waals surface area contributed by atoms with E-state index < -0.39 is 16.2 Å². The van der Waals surface area contributed by atoms with Crippen LogP contribution in [-0.2, 0) is 4.79 Å². The molecule has 0 radical (unpaired) electrons. The number of anilines is 1. The van der Waals surface area contributed by atoms with Gasteiger partial charge in [0.25, 0.3) is 5.69 Å². The first-order chi connectivity index (χ1) is 9.98. The van der Waals surface area contributed by atoms with Crippen LogP contribution in [0.25, 0.3) is 0 Å². The summed E-state index contributed by atoms with van der Waals surface area (Å²) in [5.74, 6) is -1.05. The van der Waals surface area contributed by atoms with Gasteiger partial charge >= 0.3 is 0 Å². The van der Waals surface area contributed by atoms with Crippen molar-refractivity contribution in [1.29, 1.82) is 0 Å². The van der Waals surface area contributed by atoms with Crippen molar-refractivity contribution in [3.8, 4) is 0 Å². The average molecular weight is 295 g/mol. The van der Waals surface area contributed by atoms with Gasteiger partial charge in [-0.25, -0.2) is 4.39 Å². The molecule has 0 aliphatic heterocycles. The third-order valence-corrected chi connectivity index (χ3v) is 4.09. The third kappa shape index (κ3) is 3.18. The predicted molar refractivity (Wildman–Crippen MR) is 76.3 cm³/mol. The molecule has 0 saturated heterocycles. The van der Waals surface area contributed by atoms with E-state index in [9.17, 15) is 19.3 Å². The SMILES string of the molecule is NCC1(C(=O)Nc2cc([N+](=O)[O-])ccc2F)CCCCC1. The van der Waals surface area contributed by atoms with E-state index in [-0.39, 0.29) is 23.8 Å². The largest absolute Gasteiger partial charge is 0.329 e. The molecule has 0 spiro atoms. The maximum Gasteiger partial charge on any atom is 0.271 e. The first-order valence-electron chi connectivity index (χ1n) is 6.94. The summed E-state index contributed by atoms with van der Waals surface area (Å²) in [7, 11) is 0. The Morgan fingerprint density at radius 1 is 1.38 bits per heavy atom. The summed E-state index contributed by atoms with van der Waals surface area (Å²) in [6.07, 6.45) is 4.18. The molecule has 1 aromatic rings. The average Bonchev–Trinajstić information content (AvgIpc) is 2.49. The second-order valence-corrected chi connectivity index (χ2v) is 5.42. The van der Waals surface area contributed by atoms with Crippen molar-refractivity contribution in [2.45, 2.75) is 32.1 Å². The molecule has 0 atom stereocenters. The van der Waals surface area contributed by atoms with Crippen molar-refractivity contribution in [3.05, 3.63) is 34.1 Å². The second-order valence-electron chi connectivity index (χ2n) is 5.42. The normalized spacial score (nSPS) is 17.2. The molecule has 0 unspecified atom stereocenters. The molecule has 1 aliphatic carbocycles. The molecule has 1 aliphatic rings. The molecule has 3 N–H and O–H groups in total. The second kappa shape index (κ2) is 6.17. The summed E-state index contributed by atoms with van der Waals surface area (Å²) >= 11 is 0. The van der Waals surface area contributed by atoms with Crippen molar-refractivity contribution >= 4 is 17.3 Å². The lowest BCUT2D eigenvalue weighted by atomic mass is 9.73. The molecule has 0 bridgehead atoms. The van der Waals surface area contributed by atoms with E-state index in [0.717, 1.165) is 37.5 Å². The molecule has 6 nitrogen and oxygen atoms in total. The van der Waals surface area contributed by atoms with Gasteiger partial charge in [0.2, 0.25) is 5.91 Å². The van der Waals surface area contributed by atoms with Crippen LogP contribution in [0.3, 0.4) is 0 Å². The van der Waals surface area contributed by atoms with Gasteiger partial charge in [-0.3, -0.25) is 14.9 Å². The van der Waals surface area contributed by atoms with E-state index in [1.807, 2.05) is 0 Å². The Balaban J connectivity index is 2.22. The van der Waals surface area contributed by atoms with Crippen molar-refractivity contribution in [1.82, 2.24) is 0 Å². The van der Waals surface area contributed by atoms with Gasteiger partial charge in [-0.15, -0.1) is 0 Å². The highest BCUT2D eigenvalue weighted by Crippen LogP contribution is 2.36. The number of hydrogen-bond acceptors (Lipinski definition) is 4. The number of amides is 1. The Labute approximate surface area is 121 Å². The number of non-ortho nitro benzene ring substituents is 1. The lowest BCUT2D eigenvalue weighted by Gasteiger charge is -2.34. The van der Waals surface area contributed by atoms with E-state index in [0.29, 0.717) is 12.8 Å². The van der Waals surface area contributed by atoms with Gasteiger partial charge in [0.15, 0.2) is 0 Å². The summed E-state index contributed by atoms with van der Waals surface area (Å²) in [6.45, 7) is 0.190. The fraction of sp³-hybridized carbons (Fsp3) is 0.500. The number of nitrogens with two attached hydrogens (primary N) is 1. The maximum absolute atomic E-state index is 13.7. The number of benzene rings is 1. The molecule has 0 aromatic heterocycles. The molecule has 1 fully saturated rings. The maximum atomic E-state index is 13.7. The van der Waals surface area contributed by atoms with E-state index in [4.69, 9.17) is 5.73 Å². The Hall–Kier alpha value is -2.02. The summed E-state index contributed by atoms with van der Waals surface area (Å²) in [4.78, 5) is 22.5. The highest BCUT2D eigenvalue weighted by Gasteiger charge is 2.38. The van der Waals surface area contributed by atoms with Crippen molar-refractivity contribution < 1.29 is 14.1 Å². The fourth-order valence-electron chi connectivity index (χ4n) is 2.73. The number of nitrogens with zero attached hydrogens (tertiary/aromatic N) is 1. The van der Waals surface area contributed by atoms with Crippen LogP contribution in [0.2, 0.25) is 0 Å². The summed E-state index contributed by atoms with van der Waals surface area (Å²) in [5.41, 5.74) is 4.61. The molecule has 21 heavy (non-hydrogen) atoms. The zero-order valence-corrected chi connectivity index (χ0v) is 11.6. The minimum atomic E-state index is -0.699. The predicted octanol–water partition coefficient (Wildman–Crippen LogP) is 2.58. The van der Waals surface area contributed by atoms with Gasteiger partial charge in [-0.2, -0.15) is 0 Å². The molecule has 1 aromatic carbocycles. The Morgan fingerprint density at radius 2 is 2.05 bits per heavy atom. The fourth-order valence-corrected chi connectivity index (χ4v) is 2.73. The van der Waals surface area contributed by atoms with E-state index in [2.05, 4.69) is 5.32 Å². The van der Waals surface area contributed by atoms with Gasteiger partial charge in [0, 0.05) is 18.7 Å². The molecule has 0 heterocycles. The molecule has 114 valence electrons. The number of nitrogens with one attached hydrogen (secondary N) is 1. The molecule has 1 saturated carbocycles. The summed E-state index contributed by atoms with van der Waals surface area (Å²) in [5, 5.41) is 13.2. The van der Waals surface area contributed by atoms with Crippen LogP contribution in [0.15, 0.2) is 18.2 Å². The smallest absolute Gasteiger partial charge is 0.271 e. The summed E-state index contributed by atoms with van der Waals surface area (Å²) in [6, 6.07) is 3.06. The quantitative estimate of drug-likeness (QED) is 0.658. The Bertz CT molecular complexity index is 556. The number of nitro benzene ring substituents is 1. The number of carbonyl (C=O) groups excluding carboxylic acids is 1. The van der Waals surface area contributed by atoms with Crippen LogP contribution < -0.4 is 11.1 Å². The highest BCUT2D eigenvalue weighted by atomic mass is 19.1. The van der Waals surface area contributed by atoms with E-state index in [1.165, 1.54) is 0 Å². The number of halogens is 1. The number of rotatable bonds is 4. The first kappa shape index (κ1) is 15.4. The van der Waals surface area contributed by atoms with Crippen molar-refractivity contribution in [2.24, 2.45) is 11.1 Å². The zero-order valence-electron chi connectivity index (χ0n) is 11.6. The lowest BCUT2D eigenvalue weighted by Crippen LogP contribution is -2.44. The van der Waals surface area contributed by atoms with Gasteiger partial charge in [0.05, 0.1) is 16.0 Å². The monoisotopic (exact) mass is 295 g/mol. The van der Waals surface area contributed by atoms with Crippen LogP contribution in [0, 0.1) is 21.3 Å². The minimum absolute atomic E-state index is 0.174. The number of nitro groups is 1. The zero-order chi connectivity index (χ0) is 15.5. The van der Waals surface area contributed by atoms with Crippen LogP contribution in [-0.4, -0.2) is 17.4 Å². The molecular formula is C14H18FN3O3. The van der Waals surface area contributed by atoms with Crippen LogP contribution in [0.5, 0.6) is 0 Å². The molecule has 7 heteroatoms. The van der Waals surface area contributed by atoms with Crippen molar-refractivity contribution in [2.75, 3.05) is 11.9 Å². The lowest BCUT2D eigenvalue weighted by molar-refractivity contribution is -0.384. The topological polar surface area (TPSA) is 98.3 Å². The van der Waals surface area contributed by atoms with Gasteiger partial charge in [-0.05, 0) is 18.9 Å². The first-order valence-corrected chi connectivity index (χ1v) is 6.94. The number of carbonyl (C=O) groups is 1.